The van der Waals surface area contributed by atoms with Crippen molar-refractivity contribution >= 4 is 15.9 Å². The van der Waals surface area contributed by atoms with E-state index in [-0.39, 0.29) is 0 Å². The predicted octanol–water partition coefficient (Wildman–Crippen LogP) is 3.89. The molecule has 1 fully saturated rings. The van der Waals surface area contributed by atoms with Crippen molar-refractivity contribution in [3.05, 3.63) is 33.8 Å². The zero-order chi connectivity index (χ0) is 11.8. The van der Waals surface area contributed by atoms with E-state index in [1.807, 2.05) is 0 Å². The Labute approximate surface area is 107 Å². The molecule has 0 amide bonds. The Balaban J connectivity index is 1.81. The van der Waals surface area contributed by atoms with Crippen LogP contribution in [-0.2, 0) is 6.54 Å². The maximum absolute atomic E-state index is 3.61. The second-order valence-electron chi connectivity index (χ2n) is 5.62. The molecule has 0 spiro atoms. The standard InChI is InChI=1S/C14H20BrN/c1-10-4-5-11(13(15)6-10)8-16-9-12-7-14(12,2)3/h4-6,12,16H,7-9H2,1-3H3. The zero-order valence-electron chi connectivity index (χ0n) is 10.3. The fourth-order valence-corrected chi connectivity index (χ4v) is 2.73. The van der Waals surface area contributed by atoms with Gasteiger partial charge in [-0.2, -0.15) is 0 Å². The maximum atomic E-state index is 3.61. The first kappa shape index (κ1) is 12.1. The van der Waals surface area contributed by atoms with Crippen LogP contribution in [0.5, 0.6) is 0 Å². The van der Waals surface area contributed by atoms with Crippen molar-refractivity contribution in [1.82, 2.24) is 5.32 Å². The van der Waals surface area contributed by atoms with Gasteiger partial charge in [0.2, 0.25) is 0 Å². The lowest BCUT2D eigenvalue weighted by molar-refractivity contribution is 0.519. The van der Waals surface area contributed by atoms with Crippen molar-refractivity contribution in [3.8, 4) is 0 Å². The van der Waals surface area contributed by atoms with Crippen LogP contribution >= 0.6 is 15.9 Å². The molecule has 0 radical (unpaired) electrons. The van der Waals surface area contributed by atoms with Gasteiger partial charge < -0.3 is 5.32 Å². The average Bonchev–Trinajstić information content (AvgIpc) is 2.78. The molecule has 1 nitrogen and oxygen atoms in total. The number of hydrogen-bond acceptors (Lipinski definition) is 1. The molecule has 0 heterocycles. The summed E-state index contributed by atoms with van der Waals surface area (Å²) in [6.07, 6.45) is 1.37. The lowest BCUT2D eigenvalue weighted by atomic mass is 10.1. The highest BCUT2D eigenvalue weighted by Gasteiger charge is 2.44. The lowest BCUT2D eigenvalue weighted by Crippen LogP contribution is -2.18. The smallest absolute Gasteiger partial charge is 0.0222 e. The van der Waals surface area contributed by atoms with Crippen molar-refractivity contribution in [2.24, 2.45) is 11.3 Å². The molecular weight excluding hydrogens is 262 g/mol. The second kappa shape index (κ2) is 4.50. The van der Waals surface area contributed by atoms with Gasteiger partial charge in [0.15, 0.2) is 0 Å². The molecule has 1 aliphatic carbocycles. The van der Waals surface area contributed by atoms with Gasteiger partial charge in [0.1, 0.15) is 0 Å². The van der Waals surface area contributed by atoms with Gasteiger partial charge >= 0.3 is 0 Å². The van der Waals surface area contributed by atoms with Gasteiger partial charge in [-0.3, -0.25) is 0 Å². The van der Waals surface area contributed by atoms with Crippen LogP contribution in [0.25, 0.3) is 0 Å². The van der Waals surface area contributed by atoms with Gasteiger partial charge in [0.05, 0.1) is 0 Å². The lowest BCUT2D eigenvalue weighted by Gasteiger charge is -2.08. The van der Waals surface area contributed by atoms with E-state index in [1.165, 1.54) is 22.0 Å². The highest BCUT2D eigenvalue weighted by atomic mass is 79.9. The van der Waals surface area contributed by atoms with Crippen molar-refractivity contribution in [3.63, 3.8) is 0 Å². The van der Waals surface area contributed by atoms with Crippen LogP contribution in [0.4, 0.5) is 0 Å². The molecule has 88 valence electrons. The Morgan fingerprint density at radius 2 is 2.12 bits per heavy atom. The van der Waals surface area contributed by atoms with Gasteiger partial charge in [-0.15, -0.1) is 0 Å². The molecule has 1 aromatic carbocycles. The Hall–Kier alpha value is -0.340. The summed E-state index contributed by atoms with van der Waals surface area (Å²) in [5, 5.41) is 3.55. The minimum Gasteiger partial charge on any atom is -0.312 e. The molecule has 2 heteroatoms. The van der Waals surface area contributed by atoms with Gasteiger partial charge in [-0.25, -0.2) is 0 Å². The summed E-state index contributed by atoms with van der Waals surface area (Å²) < 4.78 is 1.22. The molecule has 1 aliphatic rings. The Morgan fingerprint density at radius 3 is 2.69 bits per heavy atom. The molecule has 0 aliphatic heterocycles. The molecule has 0 bridgehead atoms. The summed E-state index contributed by atoms with van der Waals surface area (Å²) in [7, 11) is 0. The number of hydrogen-bond donors (Lipinski definition) is 1. The molecule has 0 saturated heterocycles. The van der Waals surface area contributed by atoms with E-state index in [0.29, 0.717) is 5.41 Å². The third-order valence-corrected chi connectivity index (χ3v) is 4.37. The van der Waals surface area contributed by atoms with E-state index in [2.05, 4.69) is 60.2 Å². The molecule has 1 atom stereocenters. The second-order valence-corrected chi connectivity index (χ2v) is 6.47. The maximum Gasteiger partial charge on any atom is 0.0222 e. The van der Waals surface area contributed by atoms with Crippen molar-refractivity contribution in [1.29, 1.82) is 0 Å². The number of halogens is 1. The van der Waals surface area contributed by atoms with Crippen LogP contribution in [-0.4, -0.2) is 6.54 Å². The fourth-order valence-electron chi connectivity index (χ4n) is 2.10. The van der Waals surface area contributed by atoms with E-state index in [4.69, 9.17) is 0 Å². The van der Waals surface area contributed by atoms with Crippen LogP contribution in [0.1, 0.15) is 31.4 Å². The van der Waals surface area contributed by atoms with E-state index in [0.717, 1.165) is 19.0 Å². The van der Waals surface area contributed by atoms with E-state index in [9.17, 15) is 0 Å². The Kier molecular flexibility index (Phi) is 3.41. The van der Waals surface area contributed by atoms with Gasteiger partial charge in [0, 0.05) is 11.0 Å². The third kappa shape index (κ3) is 2.86. The summed E-state index contributed by atoms with van der Waals surface area (Å²) in [6.45, 7) is 8.93. The topological polar surface area (TPSA) is 12.0 Å². The average molecular weight is 282 g/mol. The van der Waals surface area contributed by atoms with Crippen LogP contribution in [0, 0.1) is 18.3 Å². The Bertz CT molecular complexity index is 384. The molecule has 1 aromatic rings. The minimum absolute atomic E-state index is 0.581. The number of nitrogens with one attached hydrogen (secondary N) is 1. The minimum atomic E-state index is 0.581. The molecule has 0 aromatic heterocycles. The molecule has 16 heavy (non-hydrogen) atoms. The summed E-state index contributed by atoms with van der Waals surface area (Å²) in [4.78, 5) is 0. The van der Waals surface area contributed by atoms with Gasteiger partial charge in [-0.1, -0.05) is 41.9 Å². The first-order valence-electron chi connectivity index (χ1n) is 5.95. The SMILES string of the molecule is Cc1ccc(CNCC2CC2(C)C)c(Br)c1. The number of benzene rings is 1. The van der Waals surface area contributed by atoms with Crippen LogP contribution in [0.3, 0.4) is 0 Å². The normalized spacial score (nSPS) is 22.1. The van der Waals surface area contributed by atoms with Crippen molar-refractivity contribution < 1.29 is 0 Å². The van der Waals surface area contributed by atoms with E-state index < -0.39 is 0 Å². The monoisotopic (exact) mass is 281 g/mol. The zero-order valence-corrected chi connectivity index (χ0v) is 11.9. The first-order valence-corrected chi connectivity index (χ1v) is 6.74. The summed E-state index contributed by atoms with van der Waals surface area (Å²) >= 11 is 3.61. The van der Waals surface area contributed by atoms with Crippen LogP contribution < -0.4 is 5.32 Å². The van der Waals surface area contributed by atoms with Crippen LogP contribution in [0.15, 0.2) is 22.7 Å². The molecule has 1 unspecified atom stereocenters. The first-order chi connectivity index (χ1) is 7.49. The van der Waals surface area contributed by atoms with Gasteiger partial charge in [0.25, 0.3) is 0 Å². The van der Waals surface area contributed by atoms with Crippen molar-refractivity contribution in [2.75, 3.05) is 6.54 Å². The molecular formula is C14H20BrN. The number of rotatable bonds is 4. The molecule has 1 N–H and O–H groups in total. The largest absolute Gasteiger partial charge is 0.312 e. The molecule has 2 rings (SSSR count). The van der Waals surface area contributed by atoms with Crippen LogP contribution in [0.2, 0.25) is 0 Å². The predicted molar refractivity (Wildman–Crippen MR) is 72.5 cm³/mol. The quantitative estimate of drug-likeness (QED) is 0.883. The highest BCUT2D eigenvalue weighted by molar-refractivity contribution is 9.10. The summed E-state index contributed by atoms with van der Waals surface area (Å²) in [6, 6.07) is 6.55. The third-order valence-electron chi connectivity index (χ3n) is 3.63. The number of aryl methyl sites for hydroxylation is 1. The molecule has 1 saturated carbocycles. The van der Waals surface area contributed by atoms with Gasteiger partial charge in [-0.05, 0) is 48.4 Å². The highest BCUT2D eigenvalue weighted by Crippen LogP contribution is 2.50. The summed E-state index contributed by atoms with van der Waals surface area (Å²) in [5.41, 5.74) is 3.24. The van der Waals surface area contributed by atoms with E-state index >= 15 is 0 Å². The van der Waals surface area contributed by atoms with Crippen molar-refractivity contribution in [2.45, 2.75) is 33.7 Å². The summed E-state index contributed by atoms with van der Waals surface area (Å²) in [5.74, 6) is 0.872. The van der Waals surface area contributed by atoms with E-state index in [1.54, 1.807) is 0 Å². The fraction of sp³-hybridized carbons (Fsp3) is 0.571. The Morgan fingerprint density at radius 1 is 1.44 bits per heavy atom.